The third kappa shape index (κ3) is 2.73. The van der Waals surface area contributed by atoms with Gasteiger partial charge in [-0.2, -0.15) is 5.26 Å². The van der Waals surface area contributed by atoms with Crippen molar-refractivity contribution >= 4 is 11.6 Å². The molecule has 18 heavy (non-hydrogen) atoms. The number of halogens is 1. The zero-order valence-electron chi connectivity index (χ0n) is 9.68. The van der Waals surface area contributed by atoms with Gasteiger partial charge in [-0.05, 0) is 36.4 Å². The Kier molecular flexibility index (Phi) is 3.71. The molecule has 0 amide bonds. The maximum absolute atomic E-state index is 8.71. The Morgan fingerprint density at radius 2 is 1.78 bits per heavy atom. The highest BCUT2D eigenvalue weighted by molar-refractivity contribution is 6.30. The lowest BCUT2D eigenvalue weighted by Crippen LogP contribution is -1.90. The van der Waals surface area contributed by atoms with Gasteiger partial charge in [-0.3, -0.25) is 0 Å². The number of hydrogen-bond acceptors (Lipinski definition) is 3. The second-order valence-corrected chi connectivity index (χ2v) is 3.97. The fourth-order valence-corrected chi connectivity index (χ4v) is 1.61. The van der Waals surface area contributed by atoms with Gasteiger partial charge in [0.2, 0.25) is 0 Å². The molecule has 90 valence electrons. The molecule has 0 heterocycles. The van der Waals surface area contributed by atoms with Crippen molar-refractivity contribution in [2.45, 2.75) is 0 Å². The molecule has 0 aliphatic carbocycles. The van der Waals surface area contributed by atoms with E-state index in [4.69, 9.17) is 26.3 Å². The molecule has 0 fully saturated rings. The molecule has 0 atom stereocenters. The summed E-state index contributed by atoms with van der Waals surface area (Å²) in [5, 5.41) is 9.29. The Bertz CT molecular complexity index is 588. The van der Waals surface area contributed by atoms with E-state index in [1.54, 1.807) is 49.6 Å². The Morgan fingerprint density at radius 1 is 1.06 bits per heavy atom. The predicted octanol–water partition coefficient (Wildman–Crippen LogP) is 4.01. The van der Waals surface area contributed by atoms with E-state index in [0.717, 1.165) is 0 Å². The molecule has 0 bridgehead atoms. The number of methoxy groups -OCH3 is 1. The molecule has 3 nitrogen and oxygen atoms in total. The lowest BCUT2D eigenvalue weighted by Gasteiger charge is -2.10. The summed E-state index contributed by atoms with van der Waals surface area (Å²) >= 11 is 5.87. The van der Waals surface area contributed by atoms with Crippen molar-refractivity contribution in [1.29, 1.82) is 5.26 Å². The van der Waals surface area contributed by atoms with E-state index in [2.05, 4.69) is 6.07 Å². The molecule has 0 aromatic heterocycles. The first kappa shape index (κ1) is 12.3. The molecule has 2 rings (SSSR count). The van der Waals surface area contributed by atoms with Crippen molar-refractivity contribution in [2.24, 2.45) is 0 Å². The summed E-state index contributed by atoms with van der Waals surface area (Å²) in [5.41, 5.74) is 0.588. The molecular weight excluding hydrogens is 250 g/mol. The molecule has 2 aromatic rings. The Hall–Kier alpha value is -2.18. The highest BCUT2D eigenvalue weighted by atomic mass is 35.5. The predicted molar refractivity (Wildman–Crippen MR) is 69.2 cm³/mol. The highest BCUT2D eigenvalue weighted by Gasteiger charge is 2.06. The van der Waals surface area contributed by atoms with Gasteiger partial charge in [-0.25, -0.2) is 0 Å². The minimum absolute atomic E-state index is 0.562. The van der Waals surface area contributed by atoms with Gasteiger partial charge >= 0.3 is 0 Å². The van der Waals surface area contributed by atoms with E-state index in [1.807, 2.05) is 0 Å². The molecule has 0 aliphatic heterocycles. The van der Waals surface area contributed by atoms with E-state index in [1.165, 1.54) is 0 Å². The van der Waals surface area contributed by atoms with E-state index in [-0.39, 0.29) is 0 Å². The van der Waals surface area contributed by atoms with Gasteiger partial charge < -0.3 is 9.47 Å². The van der Waals surface area contributed by atoms with Crippen LogP contribution in [0.1, 0.15) is 5.56 Å². The molecule has 0 spiro atoms. The lowest BCUT2D eigenvalue weighted by atomic mass is 10.2. The summed E-state index contributed by atoms with van der Waals surface area (Å²) in [7, 11) is 1.55. The van der Waals surface area contributed by atoms with Crippen LogP contribution in [-0.2, 0) is 0 Å². The van der Waals surface area contributed by atoms with Gasteiger partial charge in [-0.1, -0.05) is 11.6 Å². The molecule has 2 aromatic carbocycles. The maximum Gasteiger partial charge on any atom is 0.169 e. The first-order valence-electron chi connectivity index (χ1n) is 5.24. The third-order valence-corrected chi connectivity index (χ3v) is 2.57. The van der Waals surface area contributed by atoms with Crippen LogP contribution in [-0.4, -0.2) is 7.11 Å². The Balaban J connectivity index is 2.25. The molecular formula is C14H10ClNO2. The SMILES string of the molecule is COc1cc(Cl)ccc1Oc1ccc(C#N)cc1. The summed E-state index contributed by atoms with van der Waals surface area (Å²) in [6.07, 6.45) is 0. The maximum atomic E-state index is 8.71. The summed E-state index contributed by atoms with van der Waals surface area (Å²) < 4.78 is 10.8. The molecule has 0 aliphatic rings. The van der Waals surface area contributed by atoms with Crippen LogP contribution in [0.4, 0.5) is 0 Å². The minimum atomic E-state index is 0.562. The first-order valence-corrected chi connectivity index (χ1v) is 5.62. The van der Waals surface area contributed by atoms with E-state index in [0.29, 0.717) is 27.8 Å². The first-order chi connectivity index (χ1) is 8.72. The number of hydrogen-bond donors (Lipinski definition) is 0. The van der Waals surface area contributed by atoms with Crippen molar-refractivity contribution in [1.82, 2.24) is 0 Å². The molecule has 0 radical (unpaired) electrons. The van der Waals surface area contributed by atoms with E-state index >= 15 is 0 Å². The lowest BCUT2D eigenvalue weighted by molar-refractivity contribution is 0.379. The Morgan fingerprint density at radius 3 is 2.39 bits per heavy atom. The number of nitriles is 1. The van der Waals surface area contributed by atoms with Crippen molar-refractivity contribution in [3.05, 3.63) is 53.1 Å². The van der Waals surface area contributed by atoms with Gasteiger partial charge in [0, 0.05) is 11.1 Å². The van der Waals surface area contributed by atoms with Crippen LogP contribution in [0.25, 0.3) is 0 Å². The van der Waals surface area contributed by atoms with Crippen LogP contribution in [0, 0.1) is 11.3 Å². The number of benzene rings is 2. The van der Waals surface area contributed by atoms with Crippen LogP contribution in [0.5, 0.6) is 17.2 Å². The van der Waals surface area contributed by atoms with Crippen LogP contribution in [0.2, 0.25) is 5.02 Å². The molecule has 0 saturated heterocycles. The summed E-state index contributed by atoms with van der Waals surface area (Å²) in [5.74, 6) is 1.77. The van der Waals surface area contributed by atoms with Gasteiger partial charge in [0.15, 0.2) is 11.5 Å². The topological polar surface area (TPSA) is 42.2 Å². The monoisotopic (exact) mass is 259 g/mol. The summed E-state index contributed by atoms with van der Waals surface area (Å²) in [6, 6.07) is 14.0. The molecule has 0 N–H and O–H groups in total. The highest BCUT2D eigenvalue weighted by Crippen LogP contribution is 2.33. The third-order valence-electron chi connectivity index (χ3n) is 2.34. The average molecular weight is 260 g/mol. The second kappa shape index (κ2) is 5.44. The summed E-state index contributed by atoms with van der Waals surface area (Å²) in [4.78, 5) is 0. The van der Waals surface area contributed by atoms with Crippen molar-refractivity contribution in [2.75, 3.05) is 7.11 Å². The van der Waals surface area contributed by atoms with Crippen LogP contribution in [0.15, 0.2) is 42.5 Å². The number of ether oxygens (including phenoxy) is 2. The zero-order valence-corrected chi connectivity index (χ0v) is 10.4. The van der Waals surface area contributed by atoms with Gasteiger partial charge in [-0.15, -0.1) is 0 Å². The fourth-order valence-electron chi connectivity index (χ4n) is 1.45. The van der Waals surface area contributed by atoms with Gasteiger partial charge in [0.05, 0.1) is 18.7 Å². The fraction of sp³-hybridized carbons (Fsp3) is 0.0714. The largest absolute Gasteiger partial charge is 0.493 e. The smallest absolute Gasteiger partial charge is 0.169 e. The average Bonchev–Trinajstić information content (AvgIpc) is 2.41. The van der Waals surface area contributed by atoms with Crippen molar-refractivity contribution in [3.63, 3.8) is 0 Å². The number of nitrogens with zero attached hydrogens (tertiary/aromatic N) is 1. The van der Waals surface area contributed by atoms with E-state index in [9.17, 15) is 0 Å². The molecule has 0 unspecified atom stereocenters. The second-order valence-electron chi connectivity index (χ2n) is 3.53. The molecule has 4 heteroatoms. The number of rotatable bonds is 3. The standard InChI is InChI=1S/C14H10ClNO2/c1-17-14-8-11(15)4-7-13(14)18-12-5-2-10(9-16)3-6-12/h2-8H,1H3. The van der Waals surface area contributed by atoms with E-state index < -0.39 is 0 Å². The Labute approximate surface area is 110 Å². The van der Waals surface area contributed by atoms with Gasteiger partial charge in [0.1, 0.15) is 5.75 Å². The summed E-state index contributed by atoms with van der Waals surface area (Å²) in [6.45, 7) is 0. The van der Waals surface area contributed by atoms with Crippen LogP contribution in [0.3, 0.4) is 0 Å². The van der Waals surface area contributed by atoms with Crippen molar-refractivity contribution < 1.29 is 9.47 Å². The van der Waals surface area contributed by atoms with Gasteiger partial charge in [0.25, 0.3) is 0 Å². The normalized spacial score (nSPS) is 9.61. The van der Waals surface area contributed by atoms with Crippen LogP contribution < -0.4 is 9.47 Å². The quantitative estimate of drug-likeness (QED) is 0.836. The van der Waals surface area contributed by atoms with Crippen LogP contribution >= 0.6 is 11.6 Å². The zero-order chi connectivity index (χ0) is 13.0. The minimum Gasteiger partial charge on any atom is -0.493 e. The molecule has 0 saturated carbocycles. The van der Waals surface area contributed by atoms with Crippen molar-refractivity contribution in [3.8, 4) is 23.3 Å².